The van der Waals surface area contributed by atoms with Crippen molar-refractivity contribution in [1.29, 1.82) is 0 Å². The third-order valence-electron chi connectivity index (χ3n) is 5.57. The van der Waals surface area contributed by atoms with Crippen LogP contribution in [0.3, 0.4) is 0 Å². The molecule has 6 nitrogen and oxygen atoms in total. The van der Waals surface area contributed by atoms with Gasteiger partial charge in [-0.2, -0.15) is 0 Å². The molecule has 0 bridgehead atoms. The summed E-state index contributed by atoms with van der Waals surface area (Å²) in [6.07, 6.45) is 3.29. The first kappa shape index (κ1) is 21.4. The Labute approximate surface area is 182 Å². The van der Waals surface area contributed by atoms with E-state index >= 15 is 0 Å². The summed E-state index contributed by atoms with van der Waals surface area (Å²) in [5.41, 5.74) is 2.91. The van der Waals surface area contributed by atoms with Gasteiger partial charge in [-0.15, -0.1) is 0 Å². The van der Waals surface area contributed by atoms with Gasteiger partial charge in [-0.25, -0.2) is 9.78 Å². The second-order valence-corrected chi connectivity index (χ2v) is 7.93. The molecule has 1 fully saturated rings. The molecule has 3 aromatic rings. The van der Waals surface area contributed by atoms with Crippen LogP contribution in [-0.4, -0.2) is 35.5 Å². The van der Waals surface area contributed by atoms with Crippen LogP contribution in [0.4, 0.5) is 0 Å². The molecule has 0 radical (unpaired) electrons. The summed E-state index contributed by atoms with van der Waals surface area (Å²) in [4.78, 5) is 16.4. The first-order valence-electron chi connectivity index (χ1n) is 10.6. The van der Waals surface area contributed by atoms with E-state index in [1.807, 2.05) is 73.8 Å². The van der Waals surface area contributed by atoms with Crippen LogP contribution < -0.4 is 5.69 Å². The highest BCUT2D eigenvalue weighted by molar-refractivity contribution is 5.14. The van der Waals surface area contributed by atoms with E-state index in [9.17, 15) is 4.79 Å². The van der Waals surface area contributed by atoms with Gasteiger partial charge >= 0.3 is 5.69 Å². The highest BCUT2D eigenvalue weighted by atomic mass is 16.5. The number of benzene rings is 2. The molecule has 2 heterocycles. The Morgan fingerprint density at radius 2 is 1.58 bits per heavy atom. The van der Waals surface area contributed by atoms with Crippen LogP contribution in [0.1, 0.15) is 22.7 Å². The molecule has 1 aliphatic rings. The van der Waals surface area contributed by atoms with Gasteiger partial charge in [0.15, 0.2) is 0 Å². The number of ether oxygens (including phenoxy) is 3. The molecule has 0 saturated carbocycles. The van der Waals surface area contributed by atoms with Crippen molar-refractivity contribution in [2.45, 2.75) is 32.3 Å². The number of hydrogen-bond donors (Lipinski definition) is 0. The zero-order valence-electron chi connectivity index (χ0n) is 17.7. The molecule has 3 unspecified atom stereocenters. The lowest BCUT2D eigenvalue weighted by Crippen LogP contribution is -2.35. The van der Waals surface area contributed by atoms with E-state index < -0.39 is 0 Å². The van der Waals surface area contributed by atoms with Gasteiger partial charge in [0, 0.05) is 18.3 Å². The Bertz CT molecular complexity index is 1010. The fourth-order valence-corrected chi connectivity index (χ4v) is 3.92. The summed E-state index contributed by atoms with van der Waals surface area (Å²) < 4.78 is 19.8. The van der Waals surface area contributed by atoms with Crippen molar-refractivity contribution in [3.8, 4) is 0 Å². The topological polar surface area (TPSA) is 62.6 Å². The SMILES string of the molecule is Cc1cnc(=O)n(C2COC(COCc3ccccc3)C2COCc2ccccc2)c1. The average Bonchev–Trinajstić information content (AvgIpc) is 3.19. The highest BCUT2D eigenvalue weighted by Gasteiger charge is 2.39. The molecule has 0 N–H and O–H groups in total. The van der Waals surface area contributed by atoms with Crippen LogP contribution in [0, 0.1) is 12.8 Å². The molecule has 0 spiro atoms. The number of aryl methyl sites for hydroxylation is 1. The quantitative estimate of drug-likeness (QED) is 0.530. The minimum atomic E-state index is -0.266. The van der Waals surface area contributed by atoms with Gasteiger partial charge in [-0.3, -0.25) is 4.57 Å². The van der Waals surface area contributed by atoms with Crippen LogP contribution in [0.5, 0.6) is 0 Å². The van der Waals surface area contributed by atoms with Crippen molar-refractivity contribution in [3.63, 3.8) is 0 Å². The summed E-state index contributed by atoms with van der Waals surface area (Å²) in [5.74, 6) is -0.0132. The van der Waals surface area contributed by atoms with E-state index in [4.69, 9.17) is 14.2 Å². The Hall–Kier alpha value is -2.80. The molecule has 162 valence electrons. The molecule has 1 saturated heterocycles. The Kier molecular flexibility index (Phi) is 7.25. The molecular weight excluding hydrogens is 392 g/mol. The monoisotopic (exact) mass is 420 g/mol. The average molecular weight is 421 g/mol. The maximum absolute atomic E-state index is 12.4. The van der Waals surface area contributed by atoms with E-state index in [-0.39, 0.29) is 23.8 Å². The number of rotatable bonds is 9. The van der Waals surface area contributed by atoms with Crippen molar-refractivity contribution in [2.75, 3.05) is 19.8 Å². The standard InChI is InChI=1S/C25H28N2O4/c1-19-12-26-25(28)27(13-19)23-17-31-24(18-30-15-21-10-6-3-7-11-21)22(23)16-29-14-20-8-4-2-5-9-20/h2-13,22-24H,14-18H2,1H3. The van der Waals surface area contributed by atoms with Gasteiger partial charge in [0.2, 0.25) is 0 Å². The molecule has 0 amide bonds. The summed E-state index contributed by atoms with van der Waals surface area (Å²) in [6.45, 7) is 4.32. The van der Waals surface area contributed by atoms with E-state index in [0.717, 1.165) is 16.7 Å². The molecule has 1 aromatic heterocycles. The van der Waals surface area contributed by atoms with Crippen molar-refractivity contribution in [1.82, 2.24) is 9.55 Å². The van der Waals surface area contributed by atoms with Crippen molar-refractivity contribution in [3.05, 3.63) is 100 Å². The normalized spacial score (nSPS) is 20.7. The molecule has 6 heteroatoms. The third-order valence-corrected chi connectivity index (χ3v) is 5.57. The molecule has 3 atom stereocenters. The first-order chi connectivity index (χ1) is 15.2. The minimum absolute atomic E-state index is 0.0132. The zero-order chi connectivity index (χ0) is 21.5. The highest BCUT2D eigenvalue weighted by Crippen LogP contribution is 2.31. The maximum Gasteiger partial charge on any atom is 0.347 e. The predicted molar refractivity (Wildman–Crippen MR) is 118 cm³/mol. The molecule has 2 aromatic carbocycles. The van der Waals surface area contributed by atoms with E-state index in [1.54, 1.807) is 10.8 Å². The lowest BCUT2D eigenvalue weighted by Gasteiger charge is -2.24. The third kappa shape index (κ3) is 5.67. The van der Waals surface area contributed by atoms with E-state index in [0.29, 0.717) is 33.0 Å². The van der Waals surface area contributed by atoms with Gasteiger partial charge in [0.1, 0.15) is 0 Å². The summed E-state index contributed by atoms with van der Waals surface area (Å²) >= 11 is 0. The summed E-state index contributed by atoms with van der Waals surface area (Å²) in [7, 11) is 0. The fraction of sp³-hybridized carbons (Fsp3) is 0.360. The predicted octanol–water partition coefficient (Wildman–Crippen LogP) is 3.54. The number of aromatic nitrogens is 2. The van der Waals surface area contributed by atoms with Crippen molar-refractivity contribution >= 4 is 0 Å². The van der Waals surface area contributed by atoms with Gasteiger partial charge < -0.3 is 14.2 Å². The molecule has 1 aliphatic heterocycles. The molecule has 31 heavy (non-hydrogen) atoms. The van der Waals surface area contributed by atoms with Crippen LogP contribution in [0.25, 0.3) is 0 Å². The number of hydrogen-bond acceptors (Lipinski definition) is 5. The molecule has 0 aliphatic carbocycles. The summed E-state index contributed by atoms with van der Waals surface area (Å²) in [5, 5.41) is 0. The van der Waals surface area contributed by atoms with Gasteiger partial charge in [-0.05, 0) is 23.6 Å². The molecular formula is C25H28N2O4. The van der Waals surface area contributed by atoms with E-state index in [2.05, 4.69) is 4.98 Å². The first-order valence-corrected chi connectivity index (χ1v) is 10.6. The minimum Gasteiger partial charge on any atom is -0.376 e. The van der Waals surface area contributed by atoms with Crippen molar-refractivity contribution in [2.24, 2.45) is 5.92 Å². The van der Waals surface area contributed by atoms with Gasteiger partial charge in [0.25, 0.3) is 0 Å². The van der Waals surface area contributed by atoms with Crippen LogP contribution in [-0.2, 0) is 27.4 Å². The smallest absolute Gasteiger partial charge is 0.347 e. The Balaban J connectivity index is 1.44. The second kappa shape index (κ2) is 10.5. The summed E-state index contributed by atoms with van der Waals surface area (Å²) in [6, 6.07) is 20.0. The van der Waals surface area contributed by atoms with Crippen LogP contribution >= 0.6 is 0 Å². The lowest BCUT2D eigenvalue weighted by molar-refractivity contribution is -0.0240. The van der Waals surface area contributed by atoms with Crippen molar-refractivity contribution < 1.29 is 14.2 Å². The molecule has 4 rings (SSSR count). The van der Waals surface area contributed by atoms with Gasteiger partial charge in [0.05, 0.1) is 45.2 Å². The Morgan fingerprint density at radius 1 is 0.968 bits per heavy atom. The van der Waals surface area contributed by atoms with Crippen LogP contribution in [0.15, 0.2) is 77.9 Å². The van der Waals surface area contributed by atoms with Crippen LogP contribution in [0.2, 0.25) is 0 Å². The Morgan fingerprint density at radius 3 is 2.23 bits per heavy atom. The maximum atomic E-state index is 12.4. The zero-order valence-corrected chi connectivity index (χ0v) is 17.7. The number of nitrogens with zero attached hydrogens (tertiary/aromatic N) is 2. The largest absolute Gasteiger partial charge is 0.376 e. The second-order valence-electron chi connectivity index (χ2n) is 7.93. The lowest BCUT2D eigenvalue weighted by atomic mass is 9.97. The van der Waals surface area contributed by atoms with E-state index in [1.165, 1.54) is 0 Å². The van der Waals surface area contributed by atoms with Gasteiger partial charge in [-0.1, -0.05) is 60.7 Å². The fourth-order valence-electron chi connectivity index (χ4n) is 3.92.